The van der Waals surface area contributed by atoms with Crippen molar-refractivity contribution in [2.75, 3.05) is 7.11 Å². The first kappa shape index (κ1) is 17.7. The molecule has 0 unspecified atom stereocenters. The zero-order valence-electron chi connectivity index (χ0n) is 14.8. The van der Waals surface area contributed by atoms with Crippen molar-refractivity contribution < 1.29 is 13.7 Å². The number of hydrogen-bond acceptors (Lipinski definition) is 10. The van der Waals surface area contributed by atoms with E-state index in [1.54, 1.807) is 7.11 Å². The molecule has 0 atom stereocenters. The van der Waals surface area contributed by atoms with Crippen LogP contribution in [-0.2, 0) is 5.75 Å². The minimum Gasteiger partial charge on any atom is -0.497 e. The summed E-state index contributed by atoms with van der Waals surface area (Å²) in [6.07, 6.45) is 0. The van der Waals surface area contributed by atoms with E-state index in [1.807, 2.05) is 38.1 Å². The Morgan fingerprint density at radius 1 is 1.19 bits per heavy atom. The van der Waals surface area contributed by atoms with Gasteiger partial charge in [-0.05, 0) is 26.0 Å². The maximum atomic E-state index is 5.71. The third kappa shape index (κ3) is 3.86. The summed E-state index contributed by atoms with van der Waals surface area (Å²) in [5.74, 6) is 2.62. The van der Waals surface area contributed by atoms with E-state index in [1.165, 1.54) is 23.1 Å². The Morgan fingerprint density at radius 3 is 2.85 bits per heavy atom. The second-order valence-electron chi connectivity index (χ2n) is 5.55. The van der Waals surface area contributed by atoms with E-state index in [0.29, 0.717) is 28.6 Å². The van der Waals surface area contributed by atoms with Crippen molar-refractivity contribution in [1.29, 1.82) is 0 Å². The molecule has 3 aromatic heterocycles. The molecule has 3 heterocycles. The predicted molar refractivity (Wildman–Crippen MR) is 101 cm³/mol. The maximum Gasteiger partial charge on any atom is 0.277 e. The van der Waals surface area contributed by atoms with E-state index in [2.05, 4.69) is 25.3 Å². The van der Waals surface area contributed by atoms with Gasteiger partial charge in [-0.15, -0.1) is 21.5 Å². The number of thiazole rings is 1. The molecule has 0 bridgehead atoms. The molecular formula is C17H15N5O3S2. The maximum absolute atomic E-state index is 5.71. The van der Waals surface area contributed by atoms with Gasteiger partial charge in [0.1, 0.15) is 10.6 Å². The molecule has 4 rings (SSSR count). The number of aryl methyl sites for hydroxylation is 2. The first-order valence-electron chi connectivity index (χ1n) is 8.00. The molecule has 8 nitrogen and oxygen atoms in total. The standard InChI is InChI=1S/C17H15N5O3S2/c1-9-14(27-10(2)18-9)16-20-21-17(24-16)26-8-13-19-15(22-25-13)11-5-4-6-12(7-11)23-3/h4-7H,8H2,1-3H3. The summed E-state index contributed by atoms with van der Waals surface area (Å²) in [5, 5.41) is 13.6. The Labute approximate surface area is 163 Å². The van der Waals surface area contributed by atoms with Crippen molar-refractivity contribution in [1.82, 2.24) is 25.3 Å². The van der Waals surface area contributed by atoms with Crippen LogP contribution in [0.1, 0.15) is 16.6 Å². The molecule has 138 valence electrons. The molecule has 0 saturated carbocycles. The van der Waals surface area contributed by atoms with Crippen LogP contribution in [0.25, 0.3) is 22.2 Å². The highest BCUT2D eigenvalue weighted by Gasteiger charge is 2.16. The monoisotopic (exact) mass is 401 g/mol. The van der Waals surface area contributed by atoms with Gasteiger partial charge in [-0.1, -0.05) is 29.1 Å². The van der Waals surface area contributed by atoms with Gasteiger partial charge >= 0.3 is 0 Å². The molecule has 0 aliphatic carbocycles. The predicted octanol–water partition coefficient (Wildman–Crippen LogP) is 4.16. The second kappa shape index (κ2) is 7.49. The Bertz CT molecular complexity index is 1070. The van der Waals surface area contributed by atoms with Crippen molar-refractivity contribution in [3.63, 3.8) is 0 Å². The Kier molecular flexibility index (Phi) is 4.90. The van der Waals surface area contributed by atoms with E-state index < -0.39 is 0 Å². The molecule has 0 fully saturated rings. The van der Waals surface area contributed by atoms with Gasteiger partial charge in [-0.2, -0.15) is 4.98 Å². The summed E-state index contributed by atoms with van der Waals surface area (Å²) < 4.78 is 16.2. The van der Waals surface area contributed by atoms with Crippen molar-refractivity contribution in [2.24, 2.45) is 0 Å². The molecule has 1 aromatic carbocycles. The second-order valence-corrected chi connectivity index (χ2v) is 7.68. The van der Waals surface area contributed by atoms with Crippen molar-refractivity contribution in [3.8, 4) is 27.9 Å². The number of benzene rings is 1. The molecule has 0 aliphatic heterocycles. The molecule has 0 aliphatic rings. The van der Waals surface area contributed by atoms with E-state index in [4.69, 9.17) is 13.7 Å². The summed E-state index contributed by atoms with van der Waals surface area (Å²) in [6.45, 7) is 3.87. The van der Waals surface area contributed by atoms with Gasteiger partial charge in [0.05, 0.1) is 23.6 Å². The Balaban J connectivity index is 1.44. The van der Waals surface area contributed by atoms with Crippen molar-refractivity contribution in [3.05, 3.63) is 40.9 Å². The fourth-order valence-corrected chi connectivity index (χ4v) is 3.85. The van der Waals surface area contributed by atoms with Crippen LogP contribution in [0, 0.1) is 13.8 Å². The minimum atomic E-state index is 0.430. The fraction of sp³-hybridized carbons (Fsp3) is 0.235. The summed E-state index contributed by atoms with van der Waals surface area (Å²) >= 11 is 2.87. The molecule has 0 spiro atoms. The lowest BCUT2D eigenvalue weighted by molar-refractivity contribution is 0.390. The van der Waals surface area contributed by atoms with Gasteiger partial charge in [0, 0.05) is 5.56 Å². The van der Waals surface area contributed by atoms with Gasteiger partial charge < -0.3 is 13.7 Å². The zero-order valence-corrected chi connectivity index (χ0v) is 16.4. The Morgan fingerprint density at radius 2 is 2.07 bits per heavy atom. The van der Waals surface area contributed by atoms with Gasteiger partial charge in [-0.3, -0.25) is 0 Å². The number of rotatable bonds is 6. The number of aromatic nitrogens is 5. The highest BCUT2D eigenvalue weighted by molar-refractivity contribution is 7.98. The van der Waals surface area contributed by atoms with Crippen LogP contribution in [0.3, 0.4) is 0 Å². The smallest absolute Gasteiger partial charge is 0.277 e. The number of ether oxygens (including phenoxy) is 1. The number of nitrogens with zero attached hydrogens (tertiary/aromatic N) is 5. The molecule has 10 heteroatoms. The van der Waals surface area contributed by atoms with Crippen molar-refractivity contribution in [2.45, 2.75) is 24.8 Å². The summed E-state index contributed by atoms with van der Waals surface area (Å²) in [7, 11) is 1.62. The van der Waals surface area contributed by atoms with E-state index in [0.717, 1.165) is 26.9 Å². The SMILES string of the molecule is COc1cccc(-c2noc(CSc3nnc(-c4sc(C)nc4C)o3)n2)c1. The van der Waals surface area contributed by atoms with Gasteiger partial charge in [-0.25, -0.2) is 4.98 Å². The van der Waals surface area contributed by atoms with Crippen LogP contribution in [0.15, 0.2) is 38.4 Å². The van der Waals surface area contributed by atoms with Crippen LogP contribution in [0.2, 0.25) is 0 Å². The van der Waals surface area contributed by atoms with Crippen LogP contribution in [0.4, 0.5) is 0 Å². The summed E-state index contributed by atoms with van der Waals surface area (Å²) in [5.41, 5.74) is 1.71. The van der Waals surface area contributed by atoms with Crippen LogP contribution >= 0.6 is 23.1 Å². The van der Waals surface area contributed by atoms with Gasteiger partial charge in [0.15, 0.2) is 0 Å². The topological polar surface area (TPSA) is 100.0 Å². The number of hydrogen-bond donors (Lipinski definition) is 0. The fourth-order valence-electron chi connectivity index (χ4n) is 2.41. The van der Waals surface area contributed by atoms with Crippen LogP contribution < -0.4 is 4.74 Å². The highest BCUT2D eigenvalue weighted by atomic mass is 32.2. The average molecular weight is 401 g/mol. The zero-order chi connectivity index (χ0) is 18.8. The third-order valence-corrected chi connectivity index (χ3v) is 5.48. The quantitative estimate of drug-likeness (QED) is 0.441. The summed E-state index contributed by atoms with van der Waals surface area (Å²) in [6, 6.07) is 7.49. The summed E-state index contributed by atoms with van der Waals surface area (Å²) in [4.78, 5) is 9.67. The van der Waals surface area contributed by atoms with E-state index >= 15 is 0 Å². The number of methoxy groups -OCH3 is 1. The molecule has 0 amide bonds. The lowest BCUT2D eigenvalue weighted by Gasteiger charge is -1.99. The van der Waals surface area contributed by atoms with E-state index in [9.17, 15) is 0 Å². The molecule has 0 N–H and O–H groups in total. The first-order valence-corrected chi connectivity index (χ1v) is 9.80. The number of thioether (sulfide) groups is 1. The van der Waals surface area contributed by atoms with Crippen molar-refractivity contribution >= 4 is 23.1 Å². The lowest BCUT2D eigenvalue weighted by Crippen LogP contribution is -1.86. The normalized spacial score (nSPS) is 11.1. The molecule has 27 heavy (non-hydrogen) atoms. The van der Waals surface area contributed by atoms with Gasteiger partial charge in [0.25, 0.3) is 11.1 Å². The lowest BCUT2D eigenvalue weighted by atomic mass is 10.2. The third-order valence-electron chi connectivity index (χ3n) is 3.62. The minimum absolute atomic E-state index is 0.430. The average Bonchev–Trinajstić information content (AvgIpc) is 3.40. The highest BCUT2D eigenvalue weighted by Crippen LogP contribution is 2.31. The molecular weight excluding hydrogens is 386 g/mol. The molecule has 0 saturated heterocycles. The van der Waals surface area contributed by atoms with Crippen LogP contribution in [-0.4, -0.2) is 32.4 Å². The molecule has 4 aromatic rings. The first-order chi connectivity index (χ1) is 13.1. The van der Waals surface area contributed by atoms with Gasteiger partial charge in [0.2, 0.25) is 11.7 Å². The molecule has 0 radical (unpaired) electrons. The van der Waals surface area contributed by atoms with E-state index in [-0.39, 0.29) is 0 Å². The largest absolute Gasteiger partial charge is 0.497 e. The van der Waals surface area contributed by atoms with Crippen LogP contribution in [0.5, 0.6) is 5.75 Å². The Hall–Kier alpha value is -2.72.